The van der Waals surface area contributed by atoms with Crippen LogP contribution in [-0.4, -0.2) is 36.0 Å². The number of esters is 2. The standard InChI is InChI=1S/C15H18O7/c1-3-19-13(16)12-8-10(11-6-5-7-21-11)9-15(18,22-12)14(17)20-4-2/h5-8,10,18H,3-4,9H2,1-2H3. The molecule has 0 amide bonds. The Morgan fingerprint density at radius 3 is 2.68 bits per heavy atom. The fourth-order valence-corrected chi connectivity index (χ4v) is 2.16. The predicted molar refractivity (Wildman–Crippen MR) is 73.4 cm³/mol. The van der Waals surface area contributed by atoms with E-state index in [4.69, 9.17) is 18.6 Å². The summed E-state index contributed by atoms with van der Waals surface area (Å²) in [6.45, 7) is 3.47. The third-order valence-electron chi connectivity index (χ3n) is 3.11. The summed E-state index contributed by atoms with van der Waals surface area (Å²) in [5.74, 6) is -4.25. The van der Waals surface area contributed by atoms with Gasteiger partial charge in [-0.25, -0.2) is 9.59 Å². The van der Waals surface area contributed by atoms with E-state index in [0.717, 1.165) is 0 Å². The van der Waals surface area contributed by atoms with E-state index >= 15 is 0 Å². The topological polar surface area (TPSA) is 95.2 Å². The SMILES string of the molecule is CCOC(=O)C1=CC(c2ccco2)CC(O)(C(=O)OCC)O1. The van der Waals surface area contributed by atoms with Gasteiger partial charge in [-0.15, -0.1) is 0 Å². The zero-order chi connectivity index (χ0) is 16.2. The van der Waals surface area contributed by atoms with E-state index < -0.39 is 23.6 Å². The number of furan rings is 1. The van der Waals surface area contributed by atoms with Crippen molar-refractivity contribution in [3.8, 4) is 0 Å². The normalized spacial score (nSPS) is 24.1. The van der Waals surface area contributed by atoms with E-state index in [1.165, 1.54) is 12.3 Å². The van der Waals surface area contributed by atoms with Gasteiger partial charge in [-0.05, 0) is 32.1 Å². The van der Waals surface area contributed by atoms with Crippen molar-refractivity contribution in [1.82, 2.24) is 0 Å². The first kappa shape index (κ1) is 16.1. The fourth-order valence-electron chi connectivity index (χ4n) is 2.16. The highest BCUT2D eigenvalue weighted by atomic mass is 16.7. The van der Waals surface area contributed by atoms with Crippen molar-refractivity contribution < 1.29 is 33.3 Å². The van der Waals surface area contributed by atoms with Gasteiger partial charge >= 0.3 is 17.7 Å². The van der Waals surface area contributed by atoms with E-state index in [1.807, 2.05) is 0 Å². The Kier molecular flexibility index (Phi) is 4.87. The van der Waals surface area contributed by atoms with Crippen molar-refractivity contribution in [3.05, 3.63) is 36.0 Å². The number of carbonyl (C=O) groups excluding carboxylic acids is 2. The number of aliphatic hydroxyl groups is 1. The third-order valence-corrected chi connectivity index (χ3v) is 3.11. The number of allylic oxidation sites excluding steroid dienone is 1. The summed E-state index contributed by atoms with van der Waals surface area (Å²) in [5, 5.41) is 10.4. The van der Waals surface area contributed by atoms with Crippen molar-refractivity contribution in [2.75, 3.05) is 13.2 Å². The zero-order valence-electron chi connectivity index (χ0n) is 12.4. The lowest BCUT2D eigenvalue weighted by Crippen LogP contribution is -2.46. The van der Waals surface area contributed by atoms with Crippen LogP contribution in [-0.2, 0) is 23.8 Å². The minimum Gasteiger partial charge on any atom is -0.469 e. The minimum absolute atomic E-state index is 0.0778. The molecule has 0 aliphatic carbocycles. The van der Waals surface area contributed by atoms with Gasteiger partial charge in [0.05, 0.1) is 19.5 Å². The molecule has 0 fully saturated rings. The van der Waals surface area contributed by atoms with Crippen molar-refractivity contribution >= 4 is 11.9 Å². The van der Waals surface area contributed by atoms with Gasteiger partial charge in [0.25, 0.3) is 0 Å². The second-order valence-electron chi connectivity index (χ2n) is 4.68. The Morgan fingerprint density at radius 2 is 2.09 bits per heavy atom. The van der Waals surface area contributed by atoms with Gasteiger partial charge in [0, 0.05) is 12.3 Å². The van der Waals surface area contributed by atoms with E-state index in [2.05, 4.69) is 0 Å². The molecule has 1 aliphatic heterocycles. The Bertz CT molecular complexity index is 560. The van der Waals surface area contributed by atoms with Crippen LogP contribution >= 0.6 is 0 Å². The molecule has 0 spiro atoms. The number of hydrogen-bond donors (Lipinski definition) is 1. The van der Waals surface area contributed by atoms with Crippen molar-refractivity contribution in [1.29, 1.82) is 0 Å². The van der Waals surface area contributed by atoms with E-state index in [-0.39, 0.29) is 25.4 Å². The summed E-state index contributed by atoms with van der Waals surface area (Å²) in [6, 6.07) is 3.35. The highest BCUT2D eigenvalue weighted by molar-refractivity contribution is 5.88. The van der Waals surface area contributed by atoms with Crippen LogP contribution in [0.2, 0.25) is 0 Å². The van der Waals surface area contributed by atoms with Crippen LogP contribution in [0.3, 0.4) is 0 Å². The first-order valence-corrected chi connectivity index (χ1v) is 7.01. The van der Waals surface area contributed by atoms with Crippen LogP contribution in [0.1, 0.15) is 31.9 Å². The predicted octanol–water partition coefficient (Wildman–Crippen LogP) is 1.48. The van der Waals surface area contributed by atoms with E-state index in [9.17, 15) is 14.7 Å². The van der Waals surface area contributed by atoms with Gasteiger partial charge in [-0.1, -0.05) is 0 Å². The molecule has 1 aliphatic rings. The molecule has 2 atom stereocenters. The molecule has 0 saturated heterocycles. The van der Waals surface area contributed by atoms with Crippen LogP contribution in [0.5, 0.6) is 0 Å². The lowest BCUT2D eigenvalue weighted by Gasteiger charge is -2.33. The molecule has 2 rings (SSSR count). The maximum absolute atomic E-state index is 12.0. The average Bonchev–Trinajstić information content (AvgIpc) is 3.01. The smallest absolute Gasteiger partial charge is 0.379 e. The maximum Gasteiger partial charge on any atom is 0.379 e. The molecule has 2 heterocycles. The van der Waals surface area contributed by atoms with Crippen LogP contribution in [0, 0.1) is 0 Å². The molecule has 0 bridgehead atoms. The second-order valence-corrected chi connectivity index (χ2v) is 4.68. The molecule has 0 radical (unpaired) electrons. The fraction of sp³-hybridized carbons (Fsp3) is 0.467. The van der Waals surface area contributed by atoms with Gasteiger partial charge in [-0.2, -0.15) is 0 Å². The Balaban J connectivity index is 2.32. The van der Waals surface area contributed by atoms with Crippen LogP contribution < -0.4 is 0 Å². The summed E-state index contributed by atoms with van der Waals surface area (Å²) in [7, 11) is 0. The van der Waals surface area contributed by atoms with Gasteiger partial charge in [0.15, 0.2) is 0 Å². The number of hydrogen-bond acceptors (Lipinski definition) is 7. The van der Waals surface area contributed by atoms with Gasteiger partial charge in [-0.3, -0.25) is 0 Å². The third kappa shape index (κ3) is 3.30. The zero-order valence-corrected chi connectivity index (χ0v) is 12.4. The number of ether oxygens (including phenoxy) is 3. The summed E-state index contributed by atoms with van der Waals surface area (Å²) < 4.78 is 20.1. The second kappa shape index (κ2) is 6.65. The molecule has 7 heteroatoms. The Labute approximate surface area is 127 Å². The van der Waals surface area contributed by atoms with Crippen molar-refractivity contribution in [2.45, 2.75) is 32.0 Å². The molecule has 0 aromatic carbocycles. The molecule has 1 aromatic rings. The molecule has 7 nitrogen and oxygen atoms in total. The maximum atomic E-state index is 12.0. The Morgan fingerprint density at radius 1 is 1.36 bits per heavy atom. The average molecular weight is 310 g/mol. The highest BCUT2D eigenvalue weighted by Crippen LogP contribution is 2.37. The molecule has 0 saturated carbocycles. The molecule has 120 valence electrons. The molecule has 1 aromatic heterocycles. The van der Waals surface area contributed by atoms with Gasteiger partial charge in [0.1, 0.15) is 5.76 Å². The number of carbonyl (C=O) groups is 2. The van der Waals surface area contributed by atoms with Crippen molar-refractivity contribution in [3.63, 3.8) is 0 Å². The summed E-state index contributed by atoms with van der Waals surface area (Å²) in [6.07, 6.45) is 2.80. The molecular formula is C15H18O7. The summed E-state index contributed by atoms with van der Waals surface area (Å²) >= 11 is 0. The first-order chi connectivity index (χ1) is 10.5. The largest absolute Gasteiger partial charge is 0.469 e. The molecule has 22 heavy (non-hydrogen) atoms. The van der Waals surface area contributed by atoms with Gasteiger partial charge in [0.2, 0.25) is 5.76 Å². The lowest BCUT2D eigenvalue weighted by molar-refractivity contribution is -0.224. The van der Waals surface area contributed by atoms with Crippen molar-refractivity contribution in [2.24, 2.45) is 0 Å². The lowest BCUT2D eigenvalue weighted by atomic mass is 9.93. The van der Waals surface area contributed by atoms with E-state index in [1.54, 1.807) is 26.0 Å². The molecular weight excluding hydrogens is 292 g/mol. The monoisotopic (exact) mass is 310 g/mol. The highest BCUT2D eigenvalue weighted by Gasteiger charge is 2.48. The molecule has 2 unspecified atom stereocenters. The summed E-state index contributed by atoms with van der Waals surface area (Å²) in [5.41, 5.74) is 0. The summed E-state index contributed by atoms with van der Waals surface area (Å²) in [4.78, 5) is 23.8. The van der Waals surface area contributed by atoms with Crippen LogP contribution in [0.25, 0.3) is 0 Å². The number of rotatable bonds is 5. The Hall–Kier alpha value is -2.28. The molecule has 1 N–H and O–H groups in total. The van der Waals surface area contributed by atoms with E-state index in [0.29, 0.717) is 5.76 Å². The van der Waals surface area contributed by atoms with Crippen LogP contribution in [0.15, 0.2) is 34.6 Å². The van der Waals surface area contributed by atoms with Gasteiger partial charge < -0.3 is 23.7 Å². The first-order valence-electron chi connectivity index (χ1n) is 7.01. The quantitative estimate of drug-likeness (QED) is 0.823. The minimum atomic E-state index is -2.26. The van der Waals surface area contributed by atoms with Crippen LogP contribution in [0.4, 0.5) is 0 Å².